The number of carbonyl (C=O) groups is 1. The molecule has 212 valence electrons. The van der Waals surface area contributed by atoms with Gasteiger partial charge in [-0.05, 0) is 43.6 Å². The number of rotatable bonds is 23. The van der Waals surface area contributed by atoms with E-state index in [1.54, 1.807) is 0 Å². The second-order valence-corrected chi connectivity index (χ2v) is 11.6. The summed E-state index contributed by atoms with van der Waals surface area (Å²) in [5, 5.41) is 14.4. The molecule has 37 heavy (non-hydrogen) atoms. The quantitative estimate of drug-likeness (QED) is 0.0910. The van der Waals surface area contributed by atoms with E-state index in [0.29, 0.717) is 16.1 Å². The third-order valence-electron chi connectivity index (χ3n) is 7.02. The van der Waals surface area contributed by atoms with Crippen LogP contribution < -0.4 is 10.4 Å². The predicted octanol–water partition coefficient (Wildman–Crippen LogP) is 7.25. The number of para-hydroxylation sites is 1. The van der Waals surface area contributed by atoms with Crippen LogP contribution in [0.4, 0.5) is 5.69 Å². The van der Waals surface area contributed by atoms with Gasteiger partial charge in [0.1, 0.15) is 12.6 Å². The fraction of sp³-hybridized carbons (Fsp3) is 0.742. The maximum atomic E-state index is 10.8. The van der Waals surface area contributed by atoms with Crippen LogP contribution in [-0.4, -0.2) is 48.9 Å². The van der Waals surface area contributed by atoms with Crippen LogP contribution in [0, 0.1) is 0 Å². The lowest BCUT2D eigenvalue weighted by molar-refractivity contribution is -0.893. The van der Waals surface area contributed by atoms with E-state index >= 15 is 0 Å². The van der Waals surface area contributed by atoms with Gasteiger partial charge < -0.3 is 24.4 Å². The molecule has 1 N–H and O–H groups in total. The summed E-state index contributed by atoms with van der Waals surface area (Å²) in [6.07, 6.45) is 20.5. The van der Waals surface area contributed by atoms with Crippen molar-refractivity contribution < 1.29 is 19.1 Å². The van der Waals surface area contributed by atoms with Crippen LogP contribution in [0.25, 0.3) is 0 Å². The molecule has 0 saturated carbocycles. The summed E-state index contributed by atoms with van der Waals surface area (Å²) in [5.74, 6) is -0.983. The lowest BCUT2D eigenvalue weighted by atomic mass is 10.0. The van der Waals surface area contributed by atoms with Crippen molar-refractivity contribution in [3.63, 3.8) is 0 Å². The molecule has 6 heteroatoms. The Morgan fingerprint density at radius 3 is 1.89 bits per heavy atom. The van der Waals surface area contributed by atoms with Gasteiger partial charge in [-0.1, -0.05) is 109 Å². The second kappa shape index (κ2) is 21.3. The molecule has 0 aliphatic rings. The van der Waals surface area contributed by atoms with Crippen molar-refractivity contribution >= 4 is 29.0 Å². The number of nitrogens with one attached hydrogen (secondary N) is 1. The fourth-order valence-corrected chi connectivity index (χ4v) is 5.12. The molecule has 0 aromatic heterocycles. The van der Waals surface area contributed by atoms with E-state index in [4.69, 9.17) is 17.0 Å². The highest BCUT2D eigenvalue weighted by Gasteiger charge is 2.24. The van der Waals surface area contributed by atoms with E-state index in [1.165, 1.54) is 83.5 Å². The van der Waals surface area contributed by atoms with Gasteiger partial charge in [0.15, 0.2) is 0 Å². The average Bonchev–Trinajstić information content (AvgIpc) is 2.84. The summed E-state index contributed by atoms with van der Waals surface area (Å²) in [5.41, 5.74) is 0.922. The number of anilines is 1. The maximum Gasteiger partial charge on any atom is 0.261 e. The van der Waals surface area contributed by atoms with E-state index in [9.17, 15) is 9.90 Å². The molecule has 0 amide bonds. The van der Waals surface area contributed by atoms with Crippen molar-refractivity contribution in [2.75, 3.05) is 32.5 Å². The Balaban J connectivity index is 2.31. The van der Waals surface area contributed by atoms with E-state index in [0.717, 1.165) is 31.6 Å². The zero-order valence-electron chi connectivity index (χ0n) is 24.0. The third kappa shape index (κ3) is 20.0. The fourth-order valence-electron chi connectivity index (χ4n) is 4.87. The molecular formula is C31H54N2O3S. The Morgan fingerprint density at radius 1 is 0.865 bits per heavy atom. The number of likely N-dealkylation sites (N-methyl/N-ethyl adjacent to an activating group) is 1. The van der Waals surface area contributed by atoms with Crippen molar-refractivity contribution in [1.82, 2.24) is 0 Å². The predicted molar refractivity (Wildman–Crippen MR) is 159 cm³/mol. The first-order chi connectivity index (χ1) is 17.8. The molecule has 0 spiro atoms. The minimum Gasteiger partial charge on any atom is -0.550 e. The Kier molecular flexibility index (Phi) is 19.2. The molecular weight excluding hydrogens is 480 g/mol. The molecule has 0 aliphatic carbocycles. The molecule has 1 atom stereocenters. The van der Waals surface area contributed by atoms with Crippen LogP contribution >= 0.6 is 12.2 Å². The number of thiocarbonyl (C=S) groups is 1. The number of ether oxygens (including phenoxy) is 1. The standard InChI is InChI=1S/C31H54N2O3S/c1-4-5-6-7-8-9-10-11-12-13-14-15-16-20-24-29(27-33(2,3)26-21-25-30(34)35)36-31(37)32-28-22-18-17-19-23-28/h17-19,22-23,29H,4-16,20-21,24-27H2,1-3H3,(H-,32,34,35,37). The van der Waals surface area contributed by atoms with Crippen molar-refractivity contribution in [2.45, 2.75) is 122 Å². The van der Waals surface area contributed by atoms with E-state index in [2.05, 4.69) is 26.3 Å². The molecule has 0 radical (unpaired) electrons. The molecule has 0 heterocycles. The number of quaternary nitrogens is 1. The molecule has 1 aromatic carbocycles. The smallest absolute Gasteiger partial charge is 0.261 e. The van der Waals surface area contributed by atoms with Gasteiger partial charge in [0.25, 0.3) is 5.17 Å². The zero-order chi connectivity index (χ0) is 27.2. The highest BCUT2D eigenvalue weighted by atomic mass is 32.1. The van der Waals surface area contributed by atoms with Crippen molar-refractivity contribution in [3.8, 4) is 0 Å². The Morgan fingerprint density at radius 2 is 1.38 bits per heavy atom. The average molecular weight is 535 g/mol. The van der Waals surface area contributed by atoms with Gasteiger partial charge in [-0.25, -0.2) is 0 Å². The van der Waals surface area contributed by atoms with Crippen LogP contribution in [-0.2, 0) is 9.53 Å². The molecule has 1 unspecified atom stereocenters. The van der Waals surface area contributed by atoms with E-state index in [-0.39, 0.29) is 12.5 Å². The summed E-state index contributed by atoms with van der Waals surface area (Å²) >= 11 is 5.50. The second-order valence-electron chi connectivity index (χ2n) is 11.2. The molecule has 0 fully saturated rings. The Hall–Kier alpha value is -1.66. The number of carbonyl (C=O) groups excluding carboxylic acids is 1. The Bertz CT molecular complexity index is 712. The SMILES string of the molecule is CCCCCCCCCCCCCCCCC(C[N+](C)(C)CCCC(=O)[O-])OC(=S)Nc1ccccc1. The number of nitrogens with zero attached hydrogens (tertiary/aromatic N) is 1. The summed E-state index contributed by atoms with van der Waals surface area (Å²) in [4.78, 5) is 10.8. The molecule has 0 saturated heterocycles. The number of unbranched alkanes of at least 4 members (excludes halogenated alkanes) is 13. The minimum atomic E-state index is -0.983. The number of aliphatic carboxylic acids is 1. The van der Waals surface area contributed by atoms with Gasteiger partial charge in [-0.2, -0.15) is 0 Å². The van der Waals surface area contributed by atoms with Gasteiger partial charge in [0.05, 0.1) is 20.6 Å². The highest BCUT2D eigenvalue weighted by molar-refractivity contribution is 7.80. The normalized spacial score (nSPS) is 12.3. The topological polar surface area (TPSA) is 61.4 Å². The number of hydrogen-bond acceptors (Lipinski definition) is 4. The van der Waals surface area contributed by atoms with E-state index in [1.807, 2.05) is 30.3 Å². The summed E-state index contributed by atoms with van der Waals surface area (Å²) < 4.78 is 6.91. The van der Waals surface area contributed by atoms with Crippen molar-refractivity contribution in [2.24, 2.45) is 0 Å². The first-order valence-corrected chi connectivity index (χ1v) is 15.3. The van der Waals surface area contributed by atoms with E-state index < -0.39 is 5.97 Å². The molecule has 5 nitrogen and oxygen atoms in total. The zero-order valence-corrected chi connectivity index (χ0v) is 24.8. The lowest BCUT2D eigenvalue weighted by Gasteiger charge is -2.34. The summed E-state index contributed by atoms with van der Waals surface area (Å²) in [6, 6.07) is 9.85. The lowest BCUT2D eigenvalue weighted by Crippen LogP contribution is -2.47. The van der Waals surface area contributed by atoms with Gasteiger partial charge in [0.2, 0.25) is 0 Å². The van der Waals surface area contributed by atoms with Crippen LogP contribution in [0.2, 0.25) is 0 Å². The third-order valence-corrected chi connectivity index (χ3v) is 7.21. The van der Waals surface area contributed by atoms with Gasteiger partial charge >= 0.3 is 0 Å². The van der Waals surface area contributed by atoms with Crippen molar-refractivity contribution in [1.29, 1.82) is 0 Å². The van der Waals surface area contributed by atoms with Gasteiger partial charge in [-0.15, -0.1) is 0 Å². The van der Waals surface area contributed by atoms with Gasteiger partial charge in [-0.3, -0.25) is 0 Å². The van der Waals surface area contributed by atoms with Crippen LogP contribution in [0.3, 0.4) is 0 Å². The number of carboxylic acids is 1. The van der Waals surface area contributed by atoms with Crippen LogP contribution in [0.1, 0.15) is 116 Å². The first-order valence-electron chi connectivity index (χ1n) is 14.9. The monoisotopic (exact) mass is 534 g/mol. The molecule has 0 aliphatic heterocycles. The van der Waals surface area contributed by atoms with Crippen LogP contribution in [0.15, 0.2) is 30.3 Å². The largest absolute Gasteiger partial charge is 0.550 e. The highest BCUT2D eigenvalue weighted by Crippen LogP contribution is 2.17. The molecule has 0 bridgehead atoms. The number of benzene rings is 1. The van der Waals surface area contributed by atoms with Crippen molar-refractivity contribution in [3.05, 3.63) is 30.3 Å². The first kappa shape index (κ1) is 33.4. The number of carboxylic acid groups (broad SMARTS) is 1. The summed E-state index contributed by atoms with van der Waals surface area (Å²) in [7, 11) is 4.26. The Labute approximate surface area is 233 Å². The molecule has 1 aromatic rings. The summed E-state index contributed by atoms with van der Waals surface area (Å²) in [6.45, 7) is 3.84. The van der Waals surface area contributed by atoms with Gasteiger partial charge in [0, 0.05) is 18.1 Å². The number of hydrogen-bond donors (Lipinski definition) is 1. The molecule has 1 rings (SSSR count). The van der Waals surface area contributed by atoms with Crippen LogP contribution in [0.5, 0.6) is 0 Å². The maximum absolute atomic E-state index is 10.8. The minimum absolute atomic E-state index is 0.000934.